The van der Waals surface area contributed by atoms with E-state index in [4.69, 9.17) is 4.74 Å². The molecule has 0 radical (unpaired) electrons. The lowest BCUT2D eigenvalue weighted by atomic mass is 9.94. The molecule has 0 rings (SSSR count). The van der Waals surface area contributed by atoms with Gasteiger partial charge in [0.2, 0.25) is 11.6 Å². The highest BCUT2D eigenvalue weighted by molar-refractivity contribution is 6.37. The van der Waals surface area contributed by atoms with E-state index in [9.17, 15) is 9.59 Å². The van der Waals surface area contributed by atoms with Gasteiger partial charge >= 0.3 is 0 Å². The average Bonchev–Trinajstić information content (AvgIpc) is 2.15. The first-order valence-electron chi connectivity index (χ1n) is 4.73. The van der Waals surface area contributed by atoms with Crippen molar-refractivity contribution in [2.45, 2.75) is 33.1 Å². The van der Waals surface area contributed by atoms with Gasteiger partial charge in [-0.1, -0.05) is 13.8 Å². The number of hydrogen-bond donors (Lipinski definition) is 0. The summed E-state index contributed by atoms with van der Waals surface area (Å²) in [5, 5.41) is 0. The fraction of sp³-hybridized carbons (Fsp3) is 0.800. The van der Waals surface area contributed by atoms with Crippen LogP contribution in [0.3, 0.4) is 0 Å². The van der Waals surface area contributed by atoms with Crippen molar-refractivity contribution in [3.05, 3.63) is 0 Å². The van der Waals surface area contributed by atoms with Crippen LogP contribution < -0.4 is 0 Å². The van der Waals surface area contributed by atoms with Crippen LogP contribution >= 0.6 is 0 Å². The summed E-state index contributed by atoms with van der Waals surface area (Å²) in [6.07, 6.45) is 1.70. The number of ether oxygens (including phenoxy) is 1. The van der Waals surface area contributed by atoms with Gasteiger partial charge in [0.1, 0.15) is 0 Å². The number of ketones is 2. The second-order valence-electron chi connectivity index (χ2n) is 3.04. The highest BCUT2D eigenvalue weighted by Crippen LogP contribution is 2.10. The van der Waals surface area contributed by atoms with E-state index in [1.165, 1.54) is 7.11 Å². The molecule has 0 bridgehead atoms. The van der Waals surface area contributed by atoms with Crippen LogP contribution in [0.1, 0.15) is 33.1 Å². The summed E-state index contributed by atoms with van der Waals surface area (Å²) in [5.41, 5.74) is 0. The molecule has 13 heavy (non-hydrogen) atoms. The number of rotatable bonds is 7. The number of carbonyl (C=O) groups is 2. The molecule has 0 amide bonds. The lowest BCUT2D eigenvalue weighted by Gasteiger charge is -2.08. The van der Waals surface area contributed by atoms with Gasteiger partial charge in [0.25, 0.3) is 0 Å². The summed E-state index contributed by atoms with van der Waals surface area (Å²) in [4.78, 5) is 22.6. The molecule has 0 atom stereocenters. The second kappa shape index (κ2) is 6.78. The Hall–Kier alpha value is -0.700. The Kier molecular flexibility index (Phi) is 6.41. The number of methoxy groups -OCH3 is 1. The average molecular weight is 186 g/mol. The zero-order valence-electron chi connectivity index (χ0n) is 8.63. The third-order valence-corrected chi connectivity index (χ3v) is 2.16. The first-order valence-corrected chi connectivity index (χ1v) is 4.73. The molecule has 0 heterocycles. The maximum Gasteiger partial charge on any atom is 0.201 e. The molecule has 0 N–H and O–H groups in total. The minimum Gasteiger partial charge on any atom is -0.384 e. The number of Topliss-reactive ketones (excluding diaryl/α,β-unsaturated/α-hetero) is 2. The van der Waals surface area contributed by atoms with Gasteiger partial charge in [-0.05, 0) is 12.8 Å². The lowest BCUT2D eigenvalue weighted by molar-refractivity contribution is -0.139. The predicted octanol–water partition coefficient (Wildman–Crippen LogP) is 1.60. The topological polar surface area (TPSA) is 43.4 Å². The van der Waals surface area contributed by atoms with Crippen molar-refractivity contribution in [1.29, 1.82) is 0 Å². The first-order chi connectivity index (χ1) is 6.17. The third-order valence-electron chi connectivity index (χ3n) is 2.16. The minimum atomic E-state index is -0.296. The maximum absolute atomic E-state index is 11.4. The van der Waals surface area contributed by atoms with E-state index >= 15 is 0 Å². The van der Waals surface area contributed by atoms with Crippen molar-refractivity contribution >= 4 is 11.6 Å². The van der Waals surface area contributed by atoms with E-state index in [1.54, 1.807) is 0 Å². The van der Waals surface area contributed by atoms with Gasteiger partial charge < -0.3 is 4.74 Å². The second-order valence-corrected chi connectivity index (χ2v) is 3.04. The van der Waals surface area contributed by atoms with Crippen molar-refractivity contribution in [2.24, 2.45) is 5.92 Å². The Bertz CT molecular complexity index is 171. The molecular weight excluding hydrogens is 168 g/mol. The molecule has 0 aromatic carbocycles. The number of hydrogen-bond acceptors (Lipinski definition) is 3. The summed E-state index contributed by atoms with van der Waals surface area (Å²) in [7, 11) is 1.52. The Morgan fingerprint density at radius 2 is 1.77 bits per heavy atom. The quantitative estimate of drug-likeness (QED) is 0.567. The van der Waals surface area contributed by atoms with Crippen LogP contribution in [0.2, 0.25) is 0 Å². The van der Waals surface area contributed by atoms with Gasteiger partial charge in [0.05, 0.1) is 6.61 Å². The zero-order valence-corrected chi connectivity index (χ0v) is 8.63. The molecule has 0 aliphatic heterocycles. The molecule has 0 spiro atoms. The first kappa shape index (κ1) is 12.3. The van der Waals surface area contributed by atoms with Crippen LogP contribution in [-0.4, -0.2) is 25.3 Å². The maximum atomic E-state index is 11.4. The fourth-order valence-corrected chi connectivity index (χ4v) is 1.21. The van der Waals surface area contributed by atoms with E-state index in [0.29, 0.717) is 6.61 Å². The Morgan fingerprint density at radius 1 is 1.23 bits per heavy atom. The van der Waals surface area contributed by atoms with Gasteiger partial charge in [0.15, 0.2) is 0 Å². The van der Waals surface area contributed by atoms with Crippen molar-refractivity contribution in [3.63, 3.8) is 0 Å². The molecular formula is C10H18O3. The van der Waals surface area contributed by atoms with E-state index < -0.39 is 0 Å². The Labute approximate surface area is 79.5 Å². The van der Waals surface area contributed by atoms with Gasteiger partial charge in [-0.2, -0.15) is 0 Å². The summed E-state index contributed by atoms with van der Waals surface area (Å²) >= 11 is 0. The molecule has 0 aromatic rings. The third kappa shape index (κ3) is 4.18. The largest absolute Gasteiger partial charge is 0.384 e. The van der Waals surface area contributed by atoms with Crippen molar-refractivity contribution in [2.75, 3.05) is 13.7 Å². The summed E-state index contributed by atoms with van der Waals surface area (Å²) in [6, 6.07) is 0. The van der Waals surface area contributed by atoms with E-state index in [1.807, 2.05) is 13.8 Å². The SMILES string of the molecule is CCC(CC)C(=O)C(=O)CCOC. The molecule has 0 saturated carbocycles. The normalized spacial score (nSPS) is 10.5. The zero-order chi connectivity index (χ0) is 10.3. The molecule has 0 saturated heterocycles. The van der Waals surface area contributed by atoms with Crippen molar-refractivity contribution < 1.29 is 14.3 Å². The monoisotopic (exact) mass is 186 g/mol. The van der Waals surface area contributed by atoms with Crippen LogP contribution in [0, 0.1) is 5.92 Å². The molecule has 0 aliphatic rings. The van der Waals surface area contributed by atoms with E-state index in [0.717, 1.165) is 12.8 Å². The van der Waals surface area contributed by atoms with Crippen LogP contribution in [0.4, 0.5) is 0 Å². The molecule has 0 fully saturated rings. The standard InChI is InChI=1S/C10H18O3/c1-4-8(5-2)10(12)9(11)6-7-13-3/h8H,4-7H2,1-3H3. The van der Waals surface area contributed by atoms with Gasteiger partial charge in [-0.25, -0.2) is 0 Å². The Morgan fingerprint density at radius 3 is 2.15 bits per heavy atom. The summed E-state index contributed by atoms with van der Waals surface area (Å²) in [5.74, 6) is -0.623. The smallest absolute Gasteiger partial charge is 0.201 e. The predicted molar refractivity (Wildman–Crippen MR) is 50.6 cm³/mol. The van der Waals surface area contributed by atoms with Crippen LogP contribution in [-0.2, 0) is 14.3 Å². The lowest BCUT2D eigenvalue weighted by Crippen LogP contribution is -2.23. The summed E-state index contributed by atoms with van der Waals surface area (Å²) in [6.45, 7) is 4.19. The minimum absolute atomic E-state index is 0.0932. The van der Waals surface area contributed by atoms with E-state index in [-0.39, 0.29) is 23.9 Å². The van der Waals surface area contributed by atoms with Crippen LogP contribution in [0.5, 0.6) is 0 Å². The van der Waals surface area contributed by atoms with E-state index in [2.05, 4.69) is 0 Å². The molecule has 0 aromatic heterocycles. The molecule has 3 heteroatoms. The number of carbonyl (C=O) groups excluding carboxylic acids is 2. The molecule has 0 unspecified atom stereocenters. The van der Waals surface area contributed by atoms with Gasteiger partial charge in [-0.3, -0.25) is 9.59 Å². The molecule has 76 valence electrons. The summed E-state index contributed by atoms with van der Waals surface area (Å²) < 4.78 is 4.74. The fourth-order valence-electron chi connectivity index (χ4n) is 1.21. The van der Waals surface area contributed by atoms with Gasteiger partial charge in [-0.15, -0.1) is 0 Å². The molecule has 3 nitrogen and oxygen atoms in total. The highest BCUT2D eigenvalue weighted by atomic mass is 16.5. The van der Waals surface area contributed by atoms with Crippen LogP contribution in [0.25, 0.3) is 0 Å². The van der Waals surface area contributed by atoms with Crippen molar-refractivity contribution in [3.8, 4) is 0 Å². The Balaban J connectivity index is 4.00. The van der Waals surface area contributed by atoms with Crippen molar-refractivity contribution in [1.82, 2.24) is 0 Å². The highest BCUT2D eigenvalue weighted by Gasteiger charge is 2.21. The molecule has 0 aliphatic carbocycles. The van der Waals surface area contributed by atoms with Crippen LogP contribution in [0.15, 0.2) is 0 Å². The van der Waals surface area contributed by atoms with Gasteiger partial charge in [0, 0.05) is 19.4 Å².